The molecule has 0 aliphatic carbocycles. The smallest absolute Gasteiger partial charge is 0.114 e. The number of allylic oxidation sites excluding steroid dienone is 2. The number of hydrogen-bond donors (Lipinski definition) is 3. The van der Waals surface area contributed by atoms with E-state index in [1.807, 2.05) is 0 Å². The van der Waals surface area contributed by atoms with Crippen molar-refractivity contribution in [1.82, 2.24) is 0 Å². The van der Waals surface area contributed by atoms with Crippen molar-refractivity contribution in [1.29, 1.82) is 0 Å². The van der Waals surface area contributed by atoms with E-state index in [1.54, 1.807) is 0 Å². The highest BCUT2D eigenvalue weighted by Crippen LogP contribution is 2.19. The molecule has 4 atom stereocenters. The van der Waals surface area contributed by atoms with Crippen LogP contribution in [0.4, 0.5) is 0 Å². The first kappa shape index (κ1) is 23.6. The molecule has 0 spiro atoms. The van der Waals surface area contributed by atoms with E-state index in [9.17, 15) is 15.3 Å². The third-order valence-corrected chi connectivity index (χ3v) is 4.97. The van der Waals surface area contributed by atoms with Gasteiger partial charge in [0.25, 0.3) is 0 Å². The molecule has 0 aromatic heterocycles. The molecule has 1 saturated heterocycles. The van der Waals surface area contributed by atoms with E-state index in [0.29, 0.717) is 6.61 Å². The van der Waals surface area contributed by atoms with Gasteiger partial charge in [-0.25, -0.2) is 0 Å². The number of aliphatic hydroxyl groups is 3. The first-order valence-corrected chi connectivity index (χ1v) is 10.6. The summed E-state index contributed by atoms with van der Waals surface area (Å²) in [6, 6.07) is 0. The van der Waals surface area contributed by atoms with Crippen molar-refractivity contribution in [2.45, 2.75) is 102 Å². The highest BCUT2D eigenvalue weighted by molar-refractivity contribution is 4.88. The number of aliphatic hydroxyl groups excluding tert-OH is 3. The largest absolute Gasteiger partial charge is 0.394 e. The lowest BCUT2D eigenvalue weighted by Crippen LogP contribution is -2.42. The van der Waals surface area contributed by atoms with Crippen LogP contribution in [0.5, 0.6) is 0 Å². The van der Waals surface area contributed by atoms with Gasteiger partial charge in [0.1, 0.15) is 24.4 Å². The van der Waals surface area contributed by atoms with Crippen LogP contribution in [0.15, 0.2) is 12.2 Å². The predicted octanol–water partition coefficient (Wildman–Crippen LogP) is 3.35. The molecule has 0 unspecified atom stereocenters. The van der Waals surface area contributed by atoms with Crippen molar-refractivity contribution in [2.75, 3.05) is 19.8 Å². The molecule has 1 heterocycles. The zero-order valence-corrected chi connectivity index (χ0v) is 16.5. The van der Waals surface area contributed by atoms with Gasteiger partial charge in [-0.05, 0) is 25.7 Å². The van der Waals surface area contributed by atoms with E-state index in [0.717, 1.165) is 19.3 Å². The second kappa shape index (κ2) is 15.6. The van der Waals surface area contributed by atoms with Crippen LogP contribution in [0.3, 0.4) is 0 Å². The molecule has 154 valence electrons. The lowest BCUT2D eigenvalue weighted by molar-refractivity contribution is -0.101. The molecule has 0 aromatic carbocycles. The summed E-state index contributed by atoms with van der Waals surface area (Å²) in [5.74, 6) is 0. The minimum atomic E-state index is -0.987. The molecule has 0 aromatic rings. The van der Waals surface area contributed by atoms with Crippen LogP contribution in [0, 0.1) is 0 Å². The monoisotopic (exact) mass is 372 g/mol. The summed E-state index contributed by atoms with van der Waals surface area (Å²) in [4.78, 5) is 0. The summed E-state index contributed by atoms with van der Waals surface area (Å²) in [5, 5.41) is 28.7. The molecule has 5 heteroatoms. The summed E-state index contributed by atoms with van der Waals surface area (Å²) in [5.41, 5.74) is 0. The molecular weight excluding hydrogens is 332 g/mol. The summed E-state index contributed by atoms with van der Waals surface area (Å²) >= 11 is 0. The Morgan fingerprint density at radius 3 is 2.15 bits per heavy atom. The van der Waals surface area contributed by atoms with Gasteiger partial charge in [-0.2, -0.15) is 0 Å². The van der Waals surface area contributed by atoms with E-state index >= 15 is 0 Å². The molecule has 1 rings (SSSR count). The number of ether oxygens (including phenoxy) is 2. The average Bonchev–Trinajstić information content (AvgIpc) is 2.98. The number of rotatable bonds is 16. The highest BCUT2D eigenvalue weighted by Gasteiger charge is 2.40. The Labute approximate surface area is 159 Å². The average molecular weight is 373 g/mol. The number of hydrogen-bond acceptors (Lipinski definition) is 5. The normalized spacial score (nSPS) is 24.5. The Kier molecular flexibility index (Phi) is 14.1. The maximum Gasteiger partial charge on any atom is 0.114 e. The third kappa shape index (κ3) is 10.0. The van der Waals surface area contributed by atoms with Gasteiger partial charge in [0.15, 0.2) is 0 Å². The Morgan fingerprint density at radius 1 is 0.962 bits per heavy atom. The molecular formula is C21H40O5. The number of unbranched alkanes of at least 4 members (excludes halogenated alkanes) is 9. The molecule has 0 amide bonds. The minimum Gasteiger partial charge on any atom is -0.394 e. The van der Waals surface area contributed by atoms with Crippen LogP contribution in [0.25, 0.3) is 0 Å². The zero-order chi connectivity index (χ0) is 19.0. The van der Waals surface area contributed by atoms with Gasteiger partial charge in [-0.1, -0.05) is 64.0 Å². The topological polar surface area (TPSA) is 79.2 Å². The van der Waals surface area contributed by atoms with E-state index < -0.39 is 24.4 Å². The Hall–Kier alpha value is -0.460. The van der Waals surface area contributed by atoms with Gasteiger partial charge in [0.2, 0.25) is 0 Å². The third-order valence-electron chi connectivity index (χ3n) is 4.97. The van der Waals surface area contributed by atoms with Crippen LogP contribution in [0.2, 0.25) is 0 Å². The molecule has 3 N–H and O–H groups in total. The standard InChI is InChI=1S/C21H40O5/c1-2-3-4-5-6-7-8-9-10-11-12-13-14-15-25-19(16-22)21-20(24)18(23)17-26-21/h11-12,18-24H,2-10,13-17H2,1H3/b12-11+/t18-,19+,20-,21-/m0/s1. The van der Waals surface area contributed by atoms with Crippen molar-refractivity contribution in [3.05, 3.63) is 12.2 Å². The highest BCUT2D eigenvalue weighted by atomic mass is 16.6. The second-order valence-electron chi connectivity index (χ2n) is 7.32. The zero-order valence-electron chi connectivity index (χ0n) is 16.5. The van der Waals surface area contributed by atoms with E-state index in [4.69, 9.17) is 9.47 Å². The lowest BCUT2D eigenvalue weighted by atomic mass is 10.1. The van der Waals surface area contributed by atoms with Crippen molar-refractivity contribution in [3.63, 3.8) is 0 Å². The van der Waals surface area contributed by atoms with Gasteiger partial charge < -0.3 is 24.8 Å². The minimum absolute atomic E-state index is 0.0904. The predicted molar refractivity (Wildman–Crippen MR) is 104 cm³/mol. The van der Waals surface area contributed by atoms with E-state index in [-0.39, 0.29) is 13.2 Å². The Balaban J connectivity index is 1.94. The SMILES string of the molecule is CCCCCCCCCC/C=C/CCCO[C@H](CO)[C@@H]1OC[C@H](O)[C@@H]1O. The summed E-state index contributed by atoms with van der Waals surface area (Å²) in [6.07, 6.45) is 15.1. The van der Waals surface area contributed by atoms with Gasteiger partial charge in [-0.15, -0.1) is 0 Å². The van der Waals surface area contributed by atoms with Crippen molar-refractivity contribution in [2.24, 2.45) is 0 Å². The fourth-order valence-corrected chi connectivity index (χ4v) is 3.27. The summed E-state index contributed by atoms with van der Waals surface area (Å²) in [6.45, 7) is 2.63. The van der Waals surface area contributed by atoms with Crippen LogP contribution >= 0.6 is 0 Å². The quantitative estimate of drug-likeness (QED) is 0.286. The molecule has 1 aliphatic rings. The Morgan fingerprint density at radius 2 is 1.58 bits per heavy atom. The van der Waals surface area contributed by atoms with Crippen molar-refractivity contribution >= 4 is 0 Å². The molecule has 0 saturated carbocycles. The summed E-state index contributed by atoms with van der Waals surface area (Å²) < 4.78 is 10.9. The van der Waals surface area contributed by atoms with Gasteiger partial charge in [0.05, 0.1) is 13.2 Å². The molecule has 1 aliphatic heterocycles. The maximum absolute atomic E-state index is 9.80. The first-order chi connectivity index (χ1) is 12.7. The maximum atomic E-state index is 9.80. The molecule has 26 heavy (non-hydrogen) atoms. The van der Waals surface area contributed by atoms with E-state index in [1.165, 1.54) is 51.4 Å². The van der Waals surface area contributed by atoms with Gasteiger partial charge >= 0.3 is 0 Å². The van der Waals surface area contributed by atoms with E-state index in [2.05, 4.69) is 19.1 Å². The van der Waals surface area contributed by atoms with Crippen LogP contribution in [0.1, 0.15) is 77.6 Å². The van der Waals surface area contributed by atoms with Crippen molar-refractivity contribution in [3.8, 4) is 0 Å². The lowest BCUT2D eigenvalue weighted by Gasteiger charge is -2.24. The fraction of sp³-hybridized carbons (Fsp3) is 0.905. The first-order valence-electron chi connectivity index (χ1n) is 10.6. The Bertz CT molecular complexity index is 347. The molecule has 1 fully saturated rings. The second-order valence-corrected chi connectivity index (χ2v) is 7.32. The van der Waals surface area contributed by atoms with Crippen LogP contribution in [-0.2, 0) is 9.47 Å². The molecule has 5 nitrogen and oxygen atoms in total. The van der Waals surface area contributed by atoms with Gasteiger partial charge in [0, 0.05) is 6.61 Å². The van der Waals surface area contributed by atoms with Crippen molar-refractivity contribution < 1.29 is 24.8 Å². The molecule has 0 bridgehead atoms. The van der Waals surface area contributed by atoms with Gasteiger partial charge in [-0.3, -0.25) is 0 Å². The van der Waals surface area contributed by atoms with Crippen LogP contribution < -0.4 is 0 Å². The summed E-state index contributed by atoms with van der Waals surface area (Å²) in [7, 11) is 0. The molecule has 0 radical (unpaired) electrons. The van der Waals surface area contributed by atoms with Crippen LogP contribution in [-0.4, -0.2) is 59.6 Å². The fourth-order valence-electron chi connectivity index (χ4n) is 3.27.